The summed E-state index contributed by atoms with van der Waals surface area (Å²) in [7, 11) is 0. The van der Waals surface area contributed by atoms with Crippen LogP contribution in [0.1, 0.15) is 29.4 Å². The van der Waals surface area contributed by atoms with Crippen LogP contribution in [0, 0.1) is 13.8 Å². The first-order valence-corrected chi connectivity index (χ1v) is 7.18. The minimum Gasteiger partial charge on any atom is -0.299 e. The molecule has 0 saturated heterocycles. The van der Waals surface area contributed by atoms with Crippen LogP contribution in [-0.2, 0) is 24.2 Å². The van der Waals surface area contributed by atoms with Crippen LogP contribution in [0.4, 0.5) is 0 Å². The summed E-state index contributed by atoms with van der Waals surface area (Å²) >= 11 is 6.23. The number of nitrogens with zero attached hydrogens (tertiary/aromatic N) is 2. The number of ketones is 1. The third-order valence-corrected chi connectivity index (χ3v) is 3.79. The molecule has 4 heteroatoms. The average Bonchev–Trinajstić information content (AvgIpc) is 2.66. The molecule has 3 nitrogen and oxygen atoms in total. The molecule has 0 atom stereocenters. The van der Waals surface area contributed by atoms with E-state index in [-0.39, 0.29) is 5.78 Å². The lowest BCUT2D eigenvalue weighted by atomic mass is 10.0. The van der Waals surface area contributed by atoms with E-state index in [4.69, 9.17) is 11.6 Å². The molecule has 0 aliphatic carbocycles. The minimum atomic E-state index is 0.159. The zero-order chi connectivity index (χ0) is 14.7. The van der Waals surface area contributed by atoms with E-state index < -0.39 is 0 Å². The van der Waals surface area contributed by atoms with Crippen molar-refractivity contribution in [2.45, 2.75) is 40.2 Å². The van der Waals surface area contributed by atoms with Gasteiger partial charge in [-0.25, -0.2) is 0 Å². The first-order chi connectivity index (χ1) is 9.51. The summed E-state index contributed by atoms with van der Waals surface area (Å²) < 4.78 is 1.81. The first kappa shape index (κ1) is 14.8. The monoisotopic (exact) mass is 290 g/mol. The molecule has 2 rings (SSSR count). The van der Waals surface area contributed by atoms with Gasteiger partial charge in [0.2, 0.25) is 0 Å². The summed E-state index contributed by atoms with van der Waals surface area (Å²) in [5, 5.41) is 4.95. The molecule has 106 valence electrons. The molecular weight excluding hydrogens is 272 g/mol. The zero-order valence-corrected chi connectivity index (χ0v) is 12.9. The zero-order valence-electron chi connectivity index (χ0n) is 12.1. The standard InChI is InChI=1S/C16H19ClN2O/c1-4-19-15(16(17)12(3)18-19)10-14(20)9-13-7-5-6-11(2)8-13/h5-8H,4,9-10H2,1-3H3. The van der Waals surface area contributed by atoms with Crippen molar-refractivity contribution in [2.75, 3.05) is 0 Å². The van der Waals surface area contributed by atoms with Crippen molar-refractivity contribution in [3.8, 4) is 0 Å². The summed E-state index contributed by atoms with van der Waals surface area (Å²) in [6, 6.07) is 8.03. The summed E-state index contributed by atoms with van der Waals surface area (Å²) in [5.41, 5.74) is 3.82. The third kappa shape index (κ3) is 3.28. The molecular formula is C16H19ClN2O. The summed E-state index contributed by atoms with van der Waals surface area (Å²) in [5.74, 6) is 0.159. The highest BCUT2D eigenvalue weighted by molar-refractivity contribution is 6.32. The highest BCUT2D eigenvalue weighted by Gasteiger charge is 2.16. The lowest BCUT2D eigenvalue weighted by molar-refractivity contribution is -0.117. The van der Waals surface area contributed by atoms with E-state index in [1.165, 1.54) is 5.56 Å². The molecule has 20 heavy (non-hydrogen) atoms. The van der Waals surface area contributed by atoms with Gasteiger partial charge in [-0.05, 0) is 26.3 Å². The summed E-state index contributed by atoms with van der Waals surface area (Å²) in [6.07, 6.45) is 0.771. The van der Waals surface area contributed by atoms with E-state index in [0.717, 1.165) is 23.5 Å². The number of aryl methyl sites for hydroxylation is 3. The van der Waals surface area contributed by atoms with Gasteiger partial charge in [0.05, 0.1) is 22.8 Å². The van der Waals surface area contributed by atoms with Gasteiger partial charge < -0.3 is 0 Å². The third-order valence-electron chi connectivity index (χ3n) is 3.30. The second-order valence-electron chi connectivity index (χ2n) is 5.04. The molecule has 0 unspecified atom stereocenters. The van der Waals surface area contributed by atoms with E-state index in [1.54, 1.807) is 0 Å². The van der Waals surface area contributed by atoms with E-state index in [2.05, 4.69) is 5.10 Å². The number of rotatable bonds is 5. The highest BCUT2D eigenvalue weighted by Crippen LogP contribution is 2.21. The fourth-order valence-corrected chi connectivity index (χ4v) is 2.54. The van der Waals surface area contributed by atoms with Gasteiger partial charge in [-0.15, -0.1) is 0 Å². The Morgan fingerprint density at radius 2 is 2.05 bits per heavy atom. The number of benzene rings is 1. The van der Waals surface area contributed by atoms with Gasteiger partial charge >= 0.3 is 0 Å². The second-order valence-corrected chi connectivity index (χ2v) is 5.42. The van der Waals surface area contributed by atoms with Gasteiger partial charge in [-0.2, -0.15) is 5.10 Å². The van der Waals surface area contributed by atoms with Crippen LogP contribution < -0.4 is 0 Å². The Morgan fingerprint density at radius 1 is 1.30 bits per heavy atom. The maximum Gasteiger partial charge on any atom is 0.143 e. The van der Waals surface area contributed by atoms with Crippen molar-refractivity contribution in [1.29, 1.82) is 0 Å². The maximum atomic E-state index is 12.2. The number of Topliss-reactive ketones (excluding diaryl/α,β-unsaturated/α-hetero) is 1. The molecule has 0 bridgehead atoms. The van der Waals surface area contributed by atoms with Gasteiger partial charge in [-0.1, -0.05) is 41.4 Å². The Balaban J connectivity index is 2.12. The van der Waals surface area contributed by atoms with Crippen molar-refractivity contribution in [2.24, 2.45) is 0 Å². The lowest BCUT2D eigenvalue weighted by Gasteiger charge is -2.06. The van der Waals surface area contributed by atoms with Crippen molar-refractivity contribution in [3.63, 3.8) is 0 Å². The largest absolute Gasteiger partial charge is 0.299 e. The minimum absolute atomic E-state index is 0.159. The van der Waals surface area contributed by atoms with Gasteiger partial charge in [0, 0.05) is 13.0 Å². The smallest absolute Gasteiger partial charge is 0.143 e. The second kappa shape index (κ2) is 6.23. The SMILES string of the molecule is CCn1nc(C)c(Cl)c1CC(=O)Cc1cccc(C)c1. The van der Waals surface area contributed by atoms with Crippen LogP contribution in [0.5, 0.6) is 0 Å². The fraction of sp³-hybridized carbons (Fsp3) is 0.375. The van der Waals surface area contributed by atoms with E-state index >= 15 is 0 Å². The Bertz CT molecular complexity index is 631. The predicted molar refractivity (Wildman–Crippen MR) is 81.2 cm³/mol. The number of aromatic nitrogens is 2. The Labute approximate surface area is 124 Å². The molecule has 0 aliphatic rings. The van der Waals surface area contributed by atoms with Gasteiger partial charge in [0.15, 0.2) is 0 Å². The van der Waals surface area contributed by atoms with E-state index in [1.807, 2.05) is 49.7 Å². The molecule has 0 fully saturated rings. The van der Waals surface area contributed by atoms with E-state index in [9.17, 15) is 4.79 Å². The highest BCUT2D eigenvalue weighted by atomic mass is 35.5. The van der Waals surface area contributed by atoms with Crippen molar-refractivity contribution in [3.05, 3.63) is 51.8 Å². The molecule has 0 saturated carbocycles. The molecule has 0 spiro atoms. The number of hydrogen-bond acceptors (Lipinski definition) is 2. The first-order valence-electron chi connectivity index (χ1n) is 6.80. The van der Waals surface area contributed by atoms with Crippen LogP contribution >= 0.6 is 11.6 Å². The van der Waals surface area contributed by atoms with Crippen molar-refractivity contribution >= 4 is 17.4 Å². The molecule has 0 aliphatic heterocycles. The normalized spacial score (nSPS) is 10.8. The molecule has 1 aromatic carbocycles. The fourth-order valence-electron chi connectivity index (χ4n) is 2.34. The van der Waals surface area contributed by atoms with Gasteiger partial charge in [0.1, 0.15) is 5.78 Å². The molecule has 2 aromatic rings. The molecule has 1 heterocycles. The summed E-state index contributed by atoms with van der Waals surface area (Å²) in [6.45, 7) is 6.61. The predicted octanol–water partition coefficient (Wildman–Crippen LogP) is 3.53. The molecule has 0 amide bonds. The molecule has 0 N–H and O–H groups in total. The quantitative estimate of drug-likeness (QED) is 0.844. The molecule has 0 radical (unpaired) electrons. The Morgan fingerprint density at radius 3 is 2.70 bits per heavy atom. The van der Waals surface area contributed by atoms with Crippen LogP contribution in [0.3, 0.4) is 0 Å². The number of carbonyl (C=O) groups is 1. The summed E-state index contributed by atoms with van der Waals surface area (Å²) in [4.78, 5) is 12.2. The van der Waals surface area contributed by atoms with Crippen molar-refractivity contribution in [1.82, 2.24) is 9.78 Å². The van der Waals surface area contributed by atoms with Gasteiger partial charge in [0.25, 0.3) is 0 Å². The van der Waals surface area contributed by atoms with Crippen molar-refractivity contribution < 1.29 is 4.79 Å². The number of hydrogen-bond donors (Lipinski definition) is 0. The van der Waals surface area contributed by atoms with Crippen LogP contribution in [-0.4, -0.2) is 15.6 Å². The Hall–Kier alpha value is -1.61. The van der Waals surface area contributed by atoms with Crippen LogP contribution in [0.25, 0.3) is 0 Å². The molecule has 1 aromatic heterocycles. The number of halogens is 1. The lowest BCUT2D eigenvalue weighted by Crippen LogP contribution is -2.12. The van der Waals surface area contributed by atoms with Crippen LogP contribution in [0.15, 0.2) is 24.3 Å². The maximum absolute atomic E-state index is 12.2. The topological polar surface area (TPSA) is 34.9 Å². The van der Waals surface area contributed by atoms with Crippen LogP contribution in [0.2, 0.25) is 5.02 Å². The average molecular weight is 291 g/mol. The number of carbonyl (C=O) groups excluding carboxylic acids is 1. The van der Waals surface area contributed by atoms with E-state index in [0.29, 0.717) is 17.9 Å². The van der Waals surface area contributed by atoms with Gasteiger partial charge in [-0.3, -0.25) is 9.48 Å². The Kier molecular flexibility index (Phi) is 4.61.